The highest BCUT2D eigenvalue weighted by Gasteiger charge is 2.62. The number of carbonyl (C=O) groups excluding carboxylic acids is 3. The maximum atomic E-state index is 12.9. The minimum atomic E-state index is -1.18. The van der Waals surface area contributed by atoms with E-state index in [4.69, 9.17) is 14.2 Å². The Morgan fingerprint density at radius 1 is 1.25 bits per heavy atom. The Hall–Kier alpha value is -2.13. The number of methoxy groups -OCH3 is 1. The molecule has 0 aromatic heterocycles. The van der Waals surface area contributed by atoms with Crippen molar-refractivity contribution in [2.24, 2.45) is 11.8 Å². The predicted molar refractivity (Wildman–Crippen MR) is 94.6 cm³/mol. The molecule has 3 rings (SSSR count). The van der Waals surface area contributed by atoms with E-state index in [0.29, 0.717) is 0 Å². The van der Waals surface area contributed by atoms with Crippen molar-refractivity contribution in [2.45, 2.75) is 64.6 Å². The minimum Gasteiger partial charge on any atom is -0.435 e. The molecule has 1 unspecified atom stereocenters. The SMILES string of the molecule is CCOC(=O)OC(C)OC(=O)C1=C2[C@@H](OC)CCC[C@@H]2[C@@H]2[C@@H]([C@@H](C)O)C(=O)N12. The first kappa shape index (κ1) is 20.6. The lowest BCUT2D eigenvalue weighted by Gasteiger charge is -2.47. The third kappa shape index (κ3) is 3.37. The third-order valence-electron chi connectivity index (χ3n) is 5.64. The minimum absolute atomic E-state index is 0.0557. The number of carbonyl (C=O) groups is 3. The zero-order valence-corrected chi connectivity index (χ0v) is 16.5. The van der Waals surface area contributed by atoms with Crippen molar-refractivity contribution in [2.75, 3.05) is 13.7 Å². The van der Waals surface area contributed by atoms with Gasteiger partial charge in [-0.2, -0.15) is 0 Å². The van der Waals surface area contributed by atoms with Crippen LogP contribution < -0.4 is 0 Å². The summed E-state index contributed by atoms with van der Waals surface area (Å²) in [6, 6.07) is -0.274. The van der Waals surface area contributed by atoms with Crippen LogP contribution in [0.1, 0.15) is 40.0 Å². The molecule has 1 saturated heterocycles. The molecule has 156 valence electrons. The van der Waals surface area contributed by atoms with E-state index in [9.17, 15) is 19.5 Å². The molecule has 1 amide bonds. The van der Waals surface area contributed by atoms with Gasteiger partial charge in [-0.25, -0.2) is 9.59 Å². The summed E-state index contributed by atoms with van der Waals surface area (Å²) < 4.78 is 20.4. The Kier molecular flexibility index (Phi) is 5.95. The predicted octanol–water partition coefficient (Wildman–Crippen LogP) is 1.34. The van der Waals surface area contributed by atoms with Crippen molar-refractivity contribution >= 4 is 18.0 Å². The summed E-state index contributed by atoms with van der Waals surface area (Å²) in [5.74, 6) is -1.66. The highest BCUT2D eigenvalue weighted by molar-refractivity contribution is 6.01. The van der Waals surface area contributed by atoms with Gasteiger partial charge in [0, 0.05) is 20.0 Å². The van der Waals surface area contributed by atoms with Crippen LogP contribution in [0.3, 0.4) is 0 Å². The number of fused-ring (bicyclic) bond motifs is 3. The van der Waals surface area contributed by atoms with Gasteiger partial charge in [-0.05, 0) is 38.7 Å². The standard InChI is InChI=1S/C19H27NO8/c1-5-26-19(24)28-10(3)27-18(23)16-14-11(7-6-8-12(14)25-4)15-13(9(2)21)17(22)20(15)16/h9-13,15,21H,5-8H2,1-4H3/t9-,10?,11+,12+,13-,15-/m1/s1. The third-order valence-corrected chi connectivity index (χ3v) is 5.64. The number of β-lactam (4-membered cyclic amide) rings is 1. The van der Waals surface area contributed by atoms with Crippen LogP contribution in [-0.2, 0) is 28.5 Å². The zero-order valence-electron chi connectivity index (χ0n) is 16.5. The summed E-state index contributed by atoms with van der Waals surface area (Å²) in [4.78, 5) is 38.4. The first-order valence-corrected chi connectivity index (χ1v) is 9.64. The molecule has 1 saturated carbocycles. The molecule has 1 N–H and O–H groups in total. The lowest BCUT2D eigenvalue weighted by molar-refractivity contribution is -0.173. The van der Waals surface area contributed by atoms with Gasteiger partial charge in [0.05, 0.1) is 30.8 Å². The molecule has 0 bridgehead atoms. The van der Waals surface area contributed by atoms with Crippen LogP contribution in [0.2, 0.25) is 0 Å². The molecule has 9 heteroatoms. The van der Waals surface area contributed by atoms with Crippen LogP contribution in [0.25, 0.3) is 0 Å². The monoisotopic (exact) mass is 397 g/mol. The average Bonchev–Trinajstić information content (AvgIpc) is 2.92. The quantitative estimate of drug-likeness (QED) is 0.406. The van der Waals surface area contributed by atoms with Crippen LogP contribution >= 0.6 is 0 Å². The van der Waals surface area contributed by atoms with Crippen molar-refractivity contribution in [3.05, 3.63) is 11.3 Å². The molecule has 2 fully saturated rings. The molecular formula is C19H27NO8. The summed E-state index contributed by atoms with van der Waals surface area (Å²) >= 11 is 0. The van der Waals surface area contributed by atoms with Gasteiger partial charge in [0.15, 0.2) is 0 Å². The van der Waals surface area contributed by atoms with E-state index in [2.05, 4.69) is 4.74 Å². The Bertz CT molecular complexity index is 687. The van der Waals surface area contributed by atoms with Gasteiger partial charge in [0.2, 0.25) is 12.2 Å². The van der Waals surface area contributed by atoms with Gasteiger partial charge < -0.3 is 29.0 Å². The second-order valence-corrected chi connectivity index (χ2v) is 7.30. The summed E-state index contributed by atoms with van der Waals surface area (Å²) in [5.41, 5.74) is 0.895. The van der Waals surface area contributed by atoms with Crippen LogP contribution in [-0.4, -0.2) is 66.3 Å². The summed E-state index contributed by atoms with van der Waals surface area (Å²) in [5, 5.41) is 10.0. The topological polar surface area (TPSA) is 112 Å². The fraction of sp³-hybridized carbons (Fsp3) is 0.737. The fourth-order valence-electron chi connectivity index (χ4n) is 4.59. The number of hydrogen-bond donors (Lipinski definition) is 1. The molecule has 3 aliphatic rings. The first-order chi connectivity index (χ1) is 13.3. The molecule has 9 nitrogen and oxygen atoms in total. The molecule has 2 heterocycles. The molecular weight excluding hydrogens is 370 g/mol. The zero-order chi connectivity index (χ0) is 20.6. The maximum Gasteiger partial charge on any atom is 0.511 e. The van der Waals surface area contributed by atoms with Crippen LogP contribution in [0, 0.1) is 11.8 Å². The van der Waals surface area contributed by atoms with Gasteiger partial charge in [-0.3, -0.25) is 4.79 Å². The largest absolute Gasteiger partial charge is 0.511 e. The van der Waals surface area contributed by atoms with E-state index in [-0.39, 0.29) is 36.3 Å². The van der Waals surface area contributed by atoms with Crippen molar-refractivity contribution in [1.82, 2.24) is 4.90 Å². The average molecular weight is 397 g/mol. The van der Waals surface area contributed by atoms with Crippen molar-refractivity contribution in [1.29, 1.82) is 0 Å². The molecule has 1 aliphatic carbocycles. The molecule has 0 spiro atoms. The van der Waals surface area contributed by atoms with Gasteiger partial charge in [0.25, 0.3) is 0 Å². The number of hydrogen-bond acceptors (Lipinski definition) is 8. The smallest absolute Gasteiger partial charge is 0.435 e. The second kappa shape index (κ2) is 8.08. The van der Waals surface area contributed by atoms with Crippen LogP contribution in [0.4, 0.5) is 4.79 Å². The molecule has 28 heavy (non-hydrogen) atoms. The van der Waals surface area contributed by atoms with Crippen LogP contribution in [0.15, 0.2) is 11.3 Å². The summed E-state index contributed by atoms with van der Waals surface area (Å²) in [7, 11) is 1.57. The van der Waals surface area contributed by atoms with Gasteiger partial charge in [-0.1, -0.05) is 0 Å². The number of rotatable bonds is 6. The highest BCUT2D eigenvalue weighted by atomic mass is 16.8. The summed E-state index contributed by atoms with van der Waals surface area (Å²) in [6.07, 6.45) is -0.770. The van der Waals surface area contributed by atoms with E-state index in [1.54, 1.807) is 21.0 Å². The van der Waals surface area contributed by atoms with Gasteiger partial charge >= 0.3 is 12.1 Å². The van der Waals surface area contributed by atoms with E-state index in [0.717, 1.165) is 24.8 Å². The number of nitrogens with zero attached hydrogens (tertiary/aromatic N) is 1. The molecule has 0 radical (unpaired) electrons. The Labute approximate surface area is 163 Å². The van der Waals surface area contributed by atoms with Crippen molar-refractivity contribution < 1.29 is 38.4 Å². The second-order valence-electron chi connectivity index (χ2n) is 7.30. The first-order valence-electron chi connectivity index (χ1n) is 9.64. The van der Waals surface area contributed by atoms with E-state index in [1.807, 2.05) is 0 Å². The molecule has 2 aliphatic heterocycles. The van der Waals surface area contributed by atoms with Crippen molar-refractivity contribution in [3.8, 4) is 0 Å². The van der Waals surface area contributed by atoms with Gasteiger partial charge in [-0.15, -0.1) is 0 Å². The van der Waals surface area contributed by atoms with E-state index < -0.39 is 30.4 Å². The van der Waals surface area contributed by atoms with E-state index >= 15 is 0 Å². The Morgan fingerprint density at radius 3 is 2.57 bits per heavy atom. The van der Waals surface area contributed by atoms with Gasteiger partial charge in [0.1, 0.15) is 5.70 Å². The van der Waals surface area contributed by atoms with Crippen molar-refractivity contribution in [3.63, 3.8) is 0 Å². The Balaban J connectivity index is 1.85. The summed E-state index contributed by atoms with van der Waals surface area (Å²) in [6.45, 7) is 4.75. The molecule has 0 aromatic rings. The Morgan fingerprint density at radius 2 is 1.96 bits per heavy atom. The molecule has 6 atom stereocenters. The number of amides is 1. The normalized spacial score (nSPS) is 30.8. The number of aliphatic hydroxyl groups excluding tert-OH is 1. The molecule has 0 aromatic carbocycles. The lowest BCUT2D eigenvalue weighted by Crippen LogP contribution is -2.64. The van der Waals surface area contributed by atoms with E-state index in [1.165, 1.54) is 11.8 Å². The maximum absolute atomic E-state index is 12.9. The fourth-order valence-corrected chi connectivity index (χ4v) is 4.59. The number of ether oxygens (including phenoxy) is 4. The number of aliphatic hydroxyl groups is 1. The number of esters is 1. The lowest BCUT2D eigenvalue weighted by atomic mass is 9.72. The highest BCUT2D eigenvalue weighted by Crippen LogP contribution is 2.52. The van der Waals surface area contributed by atoms with Crippen LogP contribution in [0.5, 0.6) is 0 Å².